The first kappa shape index (κ1) is 28.9. The Hall–Kier alpha value is -3.10. The first-order chi connectivity index (χ1) is 16.0. The van der Waals surface area contributed by atoms with E-state index in [1.807, 2.05) is 19.1 Å². The Balaban J connectivity index is 3.16. The molecule has 1 atom stereocenters. The van der Waals surface area contributed by atoms with E-state index in [1.165, 1.54) is 12.0 Å². The number of benzene rings is 1. The average Bonchev–Trinajstić information content (AvgIpc) is 2.77. The predicted octanol–water partition coefficient (Wildman–Crippen LogP) is 3.26. The zero-order valence-electron chi connectivity index (χ0n) is 21.2. The number of aryl methyl sites for hydroxylation is 1. The van der Waals surface area contributed by atoms with Crippen LogP contribution in [0.15, 0.2) is 24.3 Å². The number of nitrogens with one attached hydrogen (secondary N) is 2. The molecule has 0 saturated heterocycles. The maximum absolute atomic E-state index is 13.2. The number of nitrogens with zero attached hydrogens (tertiary/aromatic N) is 1. The van der Waals surface area contributed by atoms with Gasteiger partial charge in [0.05, 0.1) is 7.11 Å². The van der Waals surface area contributed by atoms with Crippen LogP contribution in [-0.2, 0) is 23.9 Å². The van der Waals surface area contributed by atoms with Crippen LogP contribution in [-0.4, -0.2) is 61.1 Å². The van der Waals surface area contributed by atoms with Crippen LogP contribution < -0.4 is 10.6 Å². The number of rotatable bonds is 12. The van der Waals surface area contributed by atoms with Gasteiger partial charge in [-0.15, -0.1) is 0 Å². The van der Waals surface area contributed by atoms with E-state index in [2.05, 4.69) is 22.3 Å². The van der Waals surface area contributed by atoms with Crippen LogP contribution in [0.5, 0.6) is 0 Å². The van der Waals surface area contributed by atoms with E-state index < -0.39 is 35.5 Å². The standard InChI is InChI=1S/C25H39N3O6/c1-7-8-9-10-15-28(20(29)16-27-24(32)34-25(3,4)5)22(19-13-11-18(2)12-14-19)23(31)26-17-21(30)33-6/h11-14,22H,7-10,15-17H2,1-6H3,(H,26,31)(H,27,32). The summed E-state index contributed by atoms with van der Waals surface area (Å²) in [5.41, 5.74) is 0.907. The zero-order chi connectivity index (χ0) is 25.7. The Morgan fingerprint density at radius 2 is 1.62 bits per heavy atom. The van der Waals surface area contributed by atoms with Gasteiger partial charge in [0, 0.05) is 6.54 Å². The van der Waals surface area contributed by atoms with Gasteiger partial charge in [-0.3, -0.25) is 14.4 Å². The summed E-state index contributed by atoms with van der Waals surface area (Å²) in [5, 5.41) is 5.04. The molecule has 0 aliphatic heterocycles. The molecule has 0 fully saturated rings. The second kappa shape index (κ2) is 14.2. The van der Waals surface area contributed by atoms with Gasteiger partial charge < -0.3 is 25.0 Å². The minimum absolute atomic E-state index is 0.314. The summed E-state index contributed by atoms with van der Waals surface area (Å²) < 4.78 is 9.82. The summed E-state index contributed by atoms with van der Waals surface area (Å²) in [6.07, 6.45) is 2.90. The Bertz CT molecular complexity index is 817. The summed E-state index contributed by atoms with van der Waals surface area (Å²) >= 11 is 0. The normalized spacial score (nSPS) is 11.8. The van der Waals surface area contributed by atoms with E-state index in [1.54, 1.807) is 32.9 Å². The summed E-state index contributed by atoms with van der Waals surface area (Å²) in [4.78, 5) is 51.5. The molecular formula is C25H39N3O6. The van der Waals surface area contributed by atoms with Gasteiger partial charge >= 0.3 is 12.1 Å². The lowest BCUT2D eigenvalue weighted by Crippen LogP contribution is -2.48. The van der Waals surface area contributed by atoms with Crippen LogP contribution in [0.2, 0.25) is 0 Å². The lowest BCUT2D eigenvalue weighted by Gasteiger charge is -2.32. The molecule has 1 aromatic carbocycles. The monoisotopic (exact) mass is 477 g/mol. The molecule has 0 aromatic heterocycles. The first-order valence-corrected chi connectivity index (χ1v) is 11.7. The van der Waals surface area contributed by atoms with E-state index >= 15 is 0 Å². The second-order valence-corrected chi connectivity index (χ2v) is 9.11. The largest absolute Gasteiger partial charge is 0.468 e. The highest BCUT2D eigenvalue weighted by molar-refractivity contribution is 5.91. The number of unbranched alkanes of at least 4 members (excludes halogenated alkanes) is 3. The number of hydrogen-bond acceptors (Lipinski definition) is 6. The van der Waals surface area contributed by atoms with Gasteiger partial charge in [-0.1, -0.05) is 56.0 Å². The van der Waals surface area contributed by atoms with Crippen molar-refractivity contribution < 1.29 is 28.7 Å². The van der Waals surface area contributed by atoms with Gasteiger partial charge in [-0.25, -0.2) is 4.79 Å². The van der Waals surface area contributed by atoms with Crippen molar-refractivity contribution in [3.05, 3.63) is 35.4 Å². The third-order valence-electron chi connectivity index (χ3n) is 4.94. The number of ether oxygens (including phenoxy) is 2. The molecule has 0 radical (unpaired) electrons. The van der Waals surface area contributed by atoms with Gasteiger partial charge in [0.15, 0.2) is 0 Å². The van der Waals surface area contributed by atoms with Gasteiger partial charge in [0.2, 0.25) is 11.8 Å². The predicted molar refractivity (Wildman–Crippen MR) is 129 cm³/mol. The Labute approximate surface area is 202 Å². The van der Waals surface area contributed by atoms with Crippen molar-refractivity contribution in [1.29, 1.82) is 0 Å². The fourth-order valence-corrected chi connectivity index (χ4v) is 3.22. The van der Waals surface area contributed by atoms with Crippen LogP contribution in [0, 0.1) is 6.92 Å². The Morgan fingerprint density at radius 3 is 2.18 bits per heavy atom. The molecule has 0 bridgehead atoms. The van der Waals surface area contributed by atoms with E-state index in [0.29, 0.717) is 18.5 Å². The Morgan fingerprint density at radius 1 is 0.971 bits per heavy atom. The number of carbonyl (C=O) groups excluding carboxylic acids is 4. The van der Waals surface area contributed by atoms with Crippen molar-refractivity contribution in [2.45, 2.75) is 71.9 Å². The van der Waals surface area contributed by atoms with Crippen molar-refractivity contribution >= 4 is 23.9 Å². The summed E-state index contributed by atoms with van der Waals surface area (Å²) in [6, 6.07) is 6.31. The highest BCUT2D eigenvalue weighted by Crippen LogP contribution is 2.23. The highest BCUT2D eigenvalue weighted by atomic mass is 16.6. The number of methoxy groups -OCH3 is 1. The maximum Gasteiger partial charge on any atom is 0.408 e. The van der Waals surface area contributed by atoms with E-state index in [0.717, 1.165) is 24.8 Å². The lowest BCUT2D eigenvalue weighted by atomic mass is 10.0. The molecule has 1 rings (SSSR count). The molecule has 3 amide bonds. The molecule has 9 heteroatoms. The van der Waals surface area contributed by atoms with Crippen LogP contribution in [0.1, 0.15) is 70.5 Å². The van der Waals surface area contributed by atoms with Gasteiger partial charge in [-0.05, 0) is 39.7 Å². The molecule has 190 valence electrons. The quantitative estimate of drug-likeness (QED) is 0.353. The summed E-state index contributed by atoms with van der Waals surface area (Å²) in [5.74, 6) is -1.53. The summed E-state index contributed by atoms with van der Waals surface area (Å²) in [6.45, 7) is 8.88. The third-order valence-corrected chi connectivity index (χ3v) is 4.94. The maximum atomic E-state index is 13.2. The van der Waals surface area contributed by atoms with Gasteiger partial charge in [0.1, 0.15) is 24.7 Å². The number of alkyl carbamates (subject to hydrolysis) is 1. The van der Waals surface area contributed by atoms with Gasteiger partial charge in [0.25, 0.3) is 0 Å². The molecule has 1 aromatic rings. The van der Waals surface area contributed by atoms with E-state index in [9.17, 15) is 19.2 Å². The fourth-order valence-electron chi connectivity index (χ4n) is 3.22. The smallest absolute Gasteiger partial charge is 0.408 e. The van der Waals surface area contributed by atoms with Crippen LogP contribution in [0.4, 0.5) is 4.79 Å². The lowest BCUT2D eigenvalue weighted by molar-refractivity contribution is -0.143. The molecule has 0 spiro atoms. The summed E-state index contributed by atoms with van der Waals surface area (Å²) in [7, 11) is 1.23. The number of amides is 3. The van der Waals surface area contributed by atoms with E-state index in [-0.39, 0.29) is 13.1 Å². The minimum Gasteiger partial charge on any atom is -0.468 e. The van der Waals surface area contributed by atoms with Crippen molar-refractivity contribution in [1.82, 2.24) is 15.5 Å². The molecule has 0 saturated carbocycles. The molecule has 0 heterocycles. The van der Waals surface area contributed by atoms with Crippen LogP contribution >= 0.6 is 0 Å². The van der Waals surface area contributed by atoms with E-state index in [4.69, 9.17) is 4.74 Å². The van der Waals surface area contributed by atoms with Crippen LogP contribution in [0.3, 0.4) is 0 Å². The molecule has 2 N–H and O–H groups in total. The van der Waals surface area contributed by atoms with Crippen LogP contribution in [0.25, 0.3) is 0 Å². The topological polar surface area (TPSA) is 114 Å². The SMILES string of the molecule is CCCCCCN(C(=O)CNC(=O)OC(C)(C)C)C(C(=O)NCC(=O)OC)c1ccc(C)cc1. The molecule has 0 aliphatic rings. The van der Waals surface area contributed by atoms with Crippen molar-refractivity contribution in [2.75, 3.05) is 26.7 Å². The van der Waals surface area contributed by atoms with Crippen molar-refractivity contribution in [3.8, 4) is 0 Å². The minimum atomic E-state index is -0.972. The van der Waals surface area contributed by atoms with Gasteiger partial charge in [-0.2, -0.15) is 0 Å². The fraction of sp³-hybridized carbons (Fsp3) is 0.600. The zero-order valence-corrected chi connectivity index (χ0v) is 21.2. The highest BCUT2D eigenvalue weighted by Gasteiger charge is 2.31. The Kier molecular flexibility index (Phi) is 12.1. The molecule has 9 nitrogen and oxygen atoms in total. The average molecular weight is 478 g/mol. The molecule has 34 heavy (non-hydrogen) atoms. The van der Waals surface area contributed by atoms with Crippen molar-refractivity contribution in [2.24, 2.45) is 0 Å². The third kappa shape index (κ3) is 10.7. The molecule has 0 aliphatic carbocycles. The molecular weight excluding hydrogens is 438 g/mol. The number of hydrogen-bond donors (Lipinski definition) is 2. The first-order valence-electron chi connectivity index (χ1n) is 11.7. The molecule has 1 unspecified atom stereocenters. The number of carbonyl (C=O) groups is 4. The van der Waals surface area contributed by atoms with Crippen molar-refractivity contribution in [3.63, 3.8) is 0 Å². The second-order valence-electron chi connectivity index (χ2n) is 9.11. The number of esters is 1.